The molecular formula is C23H21N3O4S. The number of para-hydroxylation sites is 2. The average Bonchev–Trinajstić information content (AvgIpc) is 3.30. The fourth-order valence-electron chi connectivity index (χ4n) is 3.44. The zero-order chi connectivity index (χ0) is 21.8. The summed E-state index contributed by atoms with van der Waals surface area (Å²) in [6.45, 7) is 0.107. The summed E-state index contributed by atoms with van der Waals surface area (Å²) in [5, 5.41) is 3.44. The van der Waals surface area contributed by atoms with Crippen molar-refractivity contribution in [2.45, 2.75) is 6.42 Å². The highest BCUT2D eigenvalue weighted by Gasteiger charge is 2.36. The molecule has 0 spiro atoms. The first kappa shape index (κ1) is 20.7. The zero-order valence-electron chi connectivity index (χ0n) is 16.9. The number of hydrogen-bond donors (Lipinski definition) is 2. The second-order valence-corrected chi connectivity index (χ2v) is 7.96. The molecule has 1 aliphatic heterocycles. The molecule has 0 atom stereocenters. The van der Waals surface area contributed by atoms with Crippen molar-refractivity contribution >= 4 is 45.8 Å². The van der Waals surface area contributed by atoms with Gasteiger partial charge in [-0.25, -0.2) is 0 Å². The van der Waals surface area contributed by atoms with Crippen LogP contribution in [0.1, 0.15) is 11.1 Å². The number of ether oxygens (including phenoxy) is 1. The van der Waals surface area contributed by atoms with Gasteiger partial charge in [0, 0.05) is 29.2 Å². The van der Waals surface area contributed by atoms with Crippen molar-refractivity contribution in [2.75, 3.05) is 20.2 Å². The first-order valence-electron chi connectivity index (χ1n) is 9.77. The Morgan fingerprint density at radius 2 is 1.94 bits per heavy atom. The second-order valence-electron chi connectivity index (χ2n) is 6.97. The van der Waals surface area contributed by atoms with E-state index in [9.17, 15) is 14.4 Å². The Hall–Kier alpha value is -3.52. The average molecular weight is 436 g/mol. The summed E-state index contributed by atoms with van der Waals surface area (Å²) >= 11 is 0.820. The monoisotopic (exact) mass is 435 g/mol. The molecule has 7 nitrogen and oxygen atoms in total. The van der Waals surface area contributed by atoms with E-state index in [-0.39, 0.29) is 17.4 Å². The molecule has 1 saturated heterocycles. The van der Waals surface area contributed by atoms with Gasteiger partial charge in [-0.05, 0) is 42.0 Å². The molecule has 1 aliphatic rings. The third-order valence-electron chi connectivity index (χ3n) is 4.99. The van der Waals surface area contributed by atoms with Gasteiger partial charge in [0.15, 0.2) is 0 Å². The Bertz CT molecular complexity index is 1180. The summed E-state index contributed by atoms with van der Waals surface area (Å²) < 4.78 is 5.28. The van der Waals surface area contributed by atoms with E-state index in [1.54, 1.807) is 25.3 Å². The van der Waals surface area contributed by atoms with Crippen LogP contribution in [0.4, 0.5) is 4.79 Å². The molecule has 2 N–H and O–H groups in total. The van der Waals surface area contributed by atoms with Gasteiger partial charge in [0.2, 0.25) is 5.91 Å². The highest BCUT2D eigenvalue weighted by molar-refractivity contribution is 8.18. The molecule has 0 aliphatic carbocycles. The first-order valence-corrected chi connectivity index (χ1v) is 10.6. The fourth-order valence-corrected chi connectivity index (χ4v) is 4.27. The summed E-state index contributed by atoms with van der Waals surface area (Å²) in [6.07, 6.45) is 4.18. The molecule has 0 radical (unpaired) electrons. The van der Waals surface area contributed by atoms with E-state index >= 15 is 0 Å². The number of nitrogens with one attached hydrogen (secondary N) is 2. The molecule has 1 aromatic heterocycles. The number of aromatic amines is 1. The number of rotatable bonds is 7. The topological polar surface area (TPSA) is 91.5 Å². The van der Waals surface area contributed by atoms with E-state index in [2.05, 4.69) is 10.3 Å². The van der Waals surface area contributed by atoms with Gasteiger partial charge in [-0.3, -0.25) is 19.3 Å². The van der Waals surface area contributed by atoms with Crippen molar-refractivity contribution in [1.82, 2.24) is 15.2 Å². The minimum absolute atomic E-state index is 0.265. The number of nitrogens with zero attached hydrogens (tertiary/aromatic N) is 1. The molecule has 3 aromatic rings. The van der Waals surface area contributed by atoms with Crippen LogP contribution in [0.5, 0.6) is 5.75 Å². The molecule has 8 heteroatoms. The largest absolute Gasteiger partial charge is 0.496 e. The molecule has 3 amide bonds. The molecule has 0 unspecified atom stereocenters. The number of benzene rings is 2. The molecular weight excluding hydrogens is 414 g/mol. The van der Waals surface area contributed by atoms with Gasteiger partial charge in [0.05, 0.1) is 12.0 Å². The molecule has 2 heterocycles. The van der Waals surface area contributed by atoms with Gasteiger partial charge in [-0.2, -0.15) is 0 Å². The predicted molar refractivity (Wildman–Crippen MR) is 121 cm³/mol. The van der Waals surface area contributed by atoms with Gasteiger partial charge in [0.1, 0.15) is 12.3 Å². The Morgan fingerprint density at radius 1 is 1.16 bits per heavy atom. The number of fused-ring (bicyclic) bond motifs is 1. The Kier molecular flexibility index (Phi) is 6.08. The van der Waals surface area contributed by atoms with Crippen LogP contribution in [-0.2, 0) is 16.0 Å². The van der Waals surface area contributed by atoms with E-state index in [0.29, 0.717) is 24.3 Å². The van der Waals surface area contributed by atoms with Crippen molar-refractivity contribution in [1.29, 1.82) is 0 Å². The maximum Gasteiger partial charge on any atom is 0.294 e. The molecule has 158 valence electrons. The fraction of sp³-hybridized carbons (Fsp3) is 0.174. The normalized spacial score (nSPS) is 15.1. The van der Waals surface area contributed by atoms with Crippen LogP contribution in [-0.4, -0.2) is 47.1 Å². The van der Waals surface area contributed by atoms with Gasteiger partial charge in [-0.15, -0.1) is 0 Å². The van der Waals surface area contributed by atoms with E-state index in [0.717, 1.165) is 33.1 Å². The lowest BCUT2D eigenvalue weighted by molar-refractivity contribution is -0.129. The van der Waals surface area contributed by atoms with Crippen molar-refractivity contribution in [3.05, 3.63) is 70.8 Å². The van der Waals surface area contributed by atoms with Crippen LogP contribution in [0.2, 0.25) is 0 Å². The third-order valence-corrected chi connectivity index (χ3v) is 5.90. The minimum atomic E-state index is -0.479. The summed E-state index contributed by atoms with van der Waals surface area (Å²) in [7, 11) is 1.54. The highest BCUT2D eigenvalue weighted by atomic mass is 32.2. The van der Waals surface area contributed by atoms with Crippen LogP contribution in [0, 0.1) is 0 Å². The predicted octanol–water partition coefficient (Wildman–Crippen LogP) is 3.57. The lowest BCUT2D eigenvalue weighted by Crippen LogP contribution is -2.40. The maximum absolute atomic E-state index is 12.7. The first-order chi connectivity index (χ1) is 15.1. The Morgan fingerprint density at radius 3 is 2.77 bits per heavy atom. The lowest BCUT2D eigenvalue weighted by atomic mass is 10.1. The molecule has 31 heavy (non-hydrogen) atoms. The number of imide groups is 1. The second kappa shape index (κ2) is 9.09. The third kappa shape index (κ3) is 4.49. The van der Waals surface area contributed by atoms with Crippen LogP contribution >= 0.6 is 11.8 Å². The van der Waals surface area contributed by atoms with Crippen molar-refractivity contribution in [3.8, 4) is 5.75 Å². The van der Waals surface area contributed by atoms with Crippen molar-refractivity contribution < 1.29 is 19.1 Å². The quantitative estimate of drug-likeness (QED) is 0.554. The summed E-state index contributed by atoms with van der Waals surface area (Å²) in [4.78, 5) is 41.7. The number of carbonyl (C=O) groups is 3. The van der Waals surface area contributed by atoms with Crippen molar-refractivity contribution in [3.63, 3.8) is 0 Å². The summed E-state index contributed by atoms with van der Waals surface area (Å²) in [5.74, 6) is -0.252. The number of carbonyl (C=O) groups excluding carboxylic acids is 3. The Labute approximate surface area is 183 Å². The van der Waals surface area contributed by atoms with Crippen molar-refractivity contribution in [2.24, 2.45) is 0 Å². The van der Waals surface area contributed by atoms with Gasteiger partial charge < -0.3 is 15.0 Å². The number of amides is 3. The van der Waals surface area contributed by atoms with Crippen LogP contribution < -0.4 is 10.1 Å². The van der Waals surface area contributed by atoms with Gasteiger partial charge in [-0.1, -0.05) is 36.4 Å². The highest BCUT2D eigenvalue weighted by Crippen LogP contribution is 2.33. The van der Waals surface area contributed by atoms with Crippen LogP contribution in [0.25, 0.3) is 17.0 Å². The molecule has 0 bridgehead atoms. The smallest absolute Gasteiger partial charge is 0.294 e. The standard InChI is InChI=1S/C23H21N3O4S/c1-30-19-9-5-2-6-15(19)12-20-22(28)26(23(29)31-20)14-21(27)24-11-10-16-13-25-18-8-4-3-7-17(16)18/h2-9,12-13,25H,10-11,14H2,1H3,(H,24,27)/b20-12-. The lowest BCUT2D eigenvalue weighted by Gasteiger charge is -2.12. The number of methoxy groups -OCH3 is 1. The number of H-pyrrole nitrogens is 1. The minimum Gasteiger partial charge on any atom is -0.496 e. The summed E-state index contributed by atoms with van der Waals surface area (Å²) in [5.41, 5.74) is 2.84. The maximum atomic E-state index is 12.7. The van der Waals surface area contributed by atoms with Gasteiger partial charge in [0.25, 0.3) is 11.1 Å². The van der Waals surface area contributed by atoms with E-state index < -0.39 is 11.1 Å². The van der Waals surface area contributed by atoms with E-state index in [4.69, 9.17) is 4.74 Å². The van der Waals surface area contributed by atoms with E-state index in [1.165, 1.54) is 0 Å². The number of hydrogen-bond acceptors (Lipinski definition) is 5. The molecule has 2 aromatic carbocycles. The SMILES string of the molecule is COc1ccccc1/C=C1\SC(=O)N(CC(=O)NCCc2c[nH]c3ccccc23)C1=O. The molecule has 0 saturated carbocycles. The van der Waals surface area contributed by atoms with E-state index in [1.807, 2.05) is 42.6 Å². The Balaban J connectivity index is 1.35. The molecule has 1 fully saturated rings. The number of aromatic nitrogens is 1. The summed E-state index contributed by atoms with van der Waals surface area (Å²) in [6, 6.07) is 15.2. The zero-order valence-corrected chi connectivity index (χ0v) is 17.7. The van der Waals surface area contributed by atoms with Crippen LogP contribution in [0.15, 0.2) is 59.6 Å². The van der Waals surface area contributed by atoms with Crippen LogP contribution in [0.3, 0.4) is 0 Å². The van der Waals surface area contributed by atoms with Gasteiger partial charge >= 0.3 is 0 Å². The number of thioether (sulfide) groups is 1. The molecule has 4 rings (SSSR count).